The van der Waals surface area contributed by atoms with Gasteiger partial charge in [0, 0.05) is 16.9 Å². The van der Waals surface area contributed by atoms with E-state index in [4.69, 9.17) is 0 Å². The SMILES string of the molecule is O=C1/C(=C\c2ccc(F)c(F)c2)CSc2sccc21. The molecule has 0 radical (unpaired) electrons. The van der Waals surface area contributed by atoms with E-state index < -0.39 is 11.6 Å². The molecule has 96 valence electrons. The number of thiophene rings is 1. The van der Waals surface area contributed by atoms with Gasteiger partial charge in [-0.3, -0.25) is 4.79 Å². The summed E-state index contributed by atoms with van der Waals surface area (Å²) in [7, 11) is 0. The number of carbonyl (C=O) groups excluding carboxylic acids is 1. The summed E-state index contributed by atoms with van der Waals surface area (Å²) in [6.07, 6.45) is 1.62. The van der Waals surface area contributed by atoms with Gasteiger partial charge < -0.3 is 0 Å². The maximum atomic E-state index is 13.1. The van der Waals surface area contributed by atoms with E-state index in [9.17, 15) is 13.6 Å². The van der Waals surface area contributed by atoms with E-state index in [1.165, 1.54) is 6.07 Å². The van der Waals surface area contributed by atoms with E-state index in [0.29, 0.717) is 22.5 Å². The molecular weight excluding hydrogens is 286 g/mol. The zero-order valence-electron chi connectivity index (χ0n) is 9.65. The van der Waals surface area contributed by atoms with E-state index in [2.05, 4.69) is 0 Å². The van der Waals surface area contributed by atoms with Gasteiger partial charge in [0.15, 0.2) is 17.4 Å². The Kier molecular flexibility index (Phi) is 3.24. The highest BCUT2D eigenvalue weighted by molar-refractivity contribution is 8.01. The highest BCUT2D eigenvalue weighted by Gasteiger charge is 2.23. The van der Waals surface area contributed by atoms with Gasteiger partial charge in [-0.2, -0.15) is 0 Å². The van der Waals surface area contributed by atoms with Crippen molar-refractivity contribution in [3.05, 3.63) is 58.0 Å². The zero-order chi connectivity index (χ0) is 13.4. The van der Waals surface area contributed by atoms with Gasteiger partial charge in [-0.1, -0.05) is 6.07 Å². The largest absolute Gasteiger partial charge is 0.289 e. The van der Waals surface area contributed by atoms with Crippen LogP contribution in [0.1, 0.15) is 15.9 Å². The van der Waals surface area contributed by atoms with Gasteiger partial charge in [-0.15, -0.1) is 23.1 Å². The summed E-state index contributed by atoms with van der Waals surface area (Å²) in [6, 6.07) is 5.43. The predicted molar refractivity (Wildman–Crippen MR) is 73.7 cm³/mol. The molecule has 2 heterocycles. The lowest BCUT2D eigenvalue weighted by molar-refractivity contribution is 0.103. The molecule has 1 nitrogen and oxygen atoms in total. The third kappa shape index (κ3) is 2.35. The van der Waals surface area contributed by atoms with Gasteiger partial charge >= 0.3 is 0 Å². The average Bonchev–Trinajstić information content (AvgIpc) is 2.86. The molecule has 0 fully saturated rings. The summed E-state index contributed by atoms with van der Waals surface area (Å²) in [5.41, 5.74) is 1.82. The van der Waals surface area contributed by atoms with E-state index in [1.54, 1.807) is 35.2 Å². The standard InChI is InChI=1S/C14H8F2OS2/c15-11-2-1-8(6-12(11)16)5-9-7-19-14-10(13(9)17)3-4-18-14/h1-6H,7H2/b9-5-. The molecule has 0 saturated heterocycles. The van der Waals surface area contributed by atoms with Crippen LogP contribution in [-0.2, 0) is 0 Å². The number of hydrogen-bond donors (Lipinski definition) is 0. The molecule has 0 atom stereocenters. The minimum Gasteiger partial charge on any atom is -0.289 e. The van der Waals surface area contributed by atoms with Crippen molar-refractivity contribution in [1.29, 1.82) is 0 Å². The summed E-state index contributed by atoms with van der Waals surface area (Å²) in [5, 5.41) is 1.88. The van der Waals surface area contributed by atoms with Crippen molar-refractivity contribution in [2.24, 2.45) is 0 Å². The number of Topliss-reactive ketones (excluding diaryl/α,β-unsaturated/α-hetero) is 1. The van der Waals surface area contributed by atoms with Crippen LogP contribution in [0.4, 0.5) is 8.78 Å². The minimum atomic E-state index is -0.901. The molecule has 0 spiro atoms. The van der Waals surface area contributed by atoms with Gasteiger partial charge in [0.2, 0.25) is 0 Å². The first-order chi connectivity index (χ1) is 9.15. The summed E-state index contributed by atoms with van der Waals surface area (Å²) < 4.78 is 27.0. The predicted octanol–water partition coefficient (Wildman–Crippen LogP) is 4.40. The fourth-order valence-electron chi connectivity index (χ4n) is 1.87. The number of halogens is 2. The van der Waals surface area contributed by atoms with E-state index in [0.717, 1.165) is 16.3 Å². The Balaban J connectivity index is 1.97. The second kappa shape index (κ2) is 4.90. The van der Waals surface area contributed by atoms with Crippen LogP contribution in [0, 0.1) is 11.6 Å². The van der Waals surface area contributed by atoms with Crippen LogP contribution in [-0.4, -0.2) is 11.5 Å². The number of thioether (sulfide) groups is 1. The number of carbonyl (C=O) groups is 1. The number of ketones is 1. The molecule has 0 aliphatic carbocycles. The lowest BCUT2D eigenvalue weighted by Crippen LogP contribution is -2.10. The highest BCUT2D eigenvalue weighted by Crippen LogP contribution is 2.37. The van der Waals surface area contributed by atoms with E-state index in [-0.39, 0.29) is 5.78 Å². The maximum absolute atomic E-state index is 13.1. The smallest absolute Gasteiger partial charge is 0.191 e. The molecule has 2 aromatic rings. The summed E-state index contributed by atoms with van der Waals surface area (Å²) >= 11 is 3.14. The van der Waals surface area contributed by atoms with Crippen LogP contribution in [0.3, 0.4) is 0 Å². The fraction of sp³-hybridized carbons (Fsp3) is 0.0714. The minimum absolute atomic E-state index is 0.0280. The molecular formula is C14H8F2OS2. The maximum Gasteiger partial charge on any atom is 0.191 e. The second-order valence-corrected chi connectivity index (χ2v) is 6.24. The van der Waals surface area contributed by atoms with Crippen LogP contribution in [0.15, 0.2) is 39.4 Å². The van der Waals surface area contributed by atoms with Gasteiger partial charge in [0.25, 0.3) is 0 Å². The zero-order valence-corrected chi connectivity index (χ0v) is 11.3. The first-order valence-corrected chi connectivity index (χ1v) is 7.42. The van der Waals surface area contributed by atoms with Gasteiger partial charge in [0.1, 0.15) is 0 Å². The van der Waals surface area contributed by atoms with E-state index in [1.807, 2.05) is 5.38 Å². The fourth-order valence-corrected chi connectivity index (χ4v) is 3.92. The Morgan fingerprint density at radius 2 is 2.00 bits per heavy atom. The monoisotopic (exact) mass is 294 g/mol. The summed E-state index contributed by atoms with van der Waals surface area (Å²) in [6.45, 7) is 0. The van der Waals surface area contributed by atoms with Crippen molar-refractivity contribution in [3.8, 4) is 0 Å². The second-order valence-electron chi connectivity index (χ2n) is 4.08. The molecule has 0 unspecified atom stereocenters. The molecule has 0 amide bonds. The van der Waals surface area contributed by atoms with Crippen LogP contribution in [0.2, 0.25) is 0 Å². The Bertz CT molecular complexity index is 689. The third-order valence-electron chi connectivity index (χ3n) is 2.81. The van der Waals surface area contributed by atoms with Crippen molar-refractivity contribution in [3.63, 3.8) is 0 Å². The Morgan fingerprint density at radius 3 is 2.79 bits per heavy atom. The summed E-state index contributed by atoms with van der Waals surface area (Å²) in [4.78, 5) is 12.2. The Hall–Kier alpha value is -1.46. The quantitative estimate of drug-likeness (QED) is 0.725. The van der Waals surface area contributed by atoms with Crippen LogP contribution in [0.25, 0.3) is 6.08 Å². The number of fused-ring (bicyclic) bond motifs is 1. The average molecular weight is 294 g/mol. The number of benzene rings is 1. The lowest BCUT2D eigenvalue weighted by atomic mass is 10.0. The first kappa shape index (κ1) is 12.6. The van der Waals surface area contributed by atoms with Gasteiger partial charge in [-0.05, 0) is 35.2 Å². The van der Waals surface area contributed by atoms with Crippen molar-refractivity contribution < 1.29 is 13.6 Å². The Morgan fingerprint density at radius 1 is 1.16 bits per heavy atom. The molecule has 0 bridgehead atoms. The topological polar surface area (TPSA) is 17.1 Å². The highest BCUT2D eigenvalue weighted by atomic mass is 32.2. The molecule has 1 aromatic heterocycles. The normalized spacial score (nSPS) is 16.7. The molecule has 0 N–H and O–H groups in total. The number of hydrogen-bond acceptors (Lipinski definition) is 3. The van der Waals surface area contributed by atoms with Crippen molar-refractivity contribution in [2.45, 2.75) is 4.21 Å². The van der Waals surface area contributed by atoms with Crippen LogP contribution < -0.4 is 0 Å². The molecule has 3 rings (SSSR count). The third-order valence-corrected chi connectivity index (χ3v) is 5.10. The lowest BCUT2D eigenvalue weighted by Gasteiger charge is -2.13. The van der Waals surface area contributed by atoms with Crippen molar-refractivity contribution in [2.75, 3.05) is 5.75 Å². The van der Waals surface area contributed by atoms with Crippen LogP contribution >= 0.6 is 23.1 Å². The Labute approximate surface area is 117 Å². The van der Waals surface area contributed by atoms with Crippen LogP contribution in [0.5, 0.6) is 0 Å². The van der Waals surface area contributed by atoms with Gasteiger partial charge in [0.05, 0.1) is 4.21 Å². The van der Waals surface area contributed by atoms with Crippen molar-refractivity contribution in [1.82, 2.24) is 0 Å². The molecule has 1 aliphatic heterocycles. The first-order valence-electron chi connectivity index (χ1n) is 5.56. The van der Waals surface area contributed by atoms with E-state index >= 15 is 0 Å². The number of rotatable bonds is 1. The summed E-state index contributed by atoms with van der Waals surface area (Å²) in [5.74, 6) is -1.25. The molecule has 1 aliphatic rings. The van der Waals surface area contributed by atoms with Crippen molar-refractivity contribution >= 4 is 35.0 Å². The molecule has 19 heavy (non-hydrogen) atoms. The molecule has 0 saturated carbocycles. The molecule has 5 heteroatoms. The molecule has 1 aromatic carbocycles. The van der Waals surface area contributed by atoms with Gasteiger partial charge in [-0.25, -0.2) is 8.78 Å².